The first-order valence-corrected chi connectivity index (χ1v) is 10.8. The molecular weight excluding hydrogens is 454 g/mol. The Morgan fingerprint density at radius 1 is 1.21 bits per heavy atom. The fourth-order valence-electron chi connectivity index (χ4n) is 4.39. The molecule has 33 heavy (non-hydrogen) atoms. The lowest BCUT2D eigenvalue weighted by Crippen LogP contribution is -2.71. The number of hydrogen-bond acceptors (Lipinski definition) is 6. The van der Waals surface area contributed by atoms with E-state index in [0.29, 0.717) is 30.4 Å². The van der Waals surface area contributed by atoms with Gasteiger partial charge in [0, 0.05) is 23.6 Å². The Labute approximate surface area is 195 Å². The van der Waals surface area contributed by atoms with Crippen LogP contribution in [0, 0.1) is 23.5 Å². The van der Waals surface area contributed by atoms with Crippen molar-refractivity contribution in [3.8, 4) is 11.5 Å². The molecule has 0 bridgehead atoms. The van der Waals surface area contributed by atoms with E-state index in [4.69, 9.17) is 26.4 Å². The third kappa shape index (κ3) is 3.87. The molecule has 2 N–H and O–H groups in total. The zero-order valence-corrected chi connectivity index (χ0v) is 19.1. The molecule has 0 radical (unpaired) electrons. The Hall–Kier alpha value is -2.98. The number of esters is 1. The normalized spacial score (nSPS) is 24.5. The van der Waals surface area contributed by atoms with Crippen molar-refractivity contribution in [1.82, 2.24) is 5.32 Å². The molecule has 2 aliphatic heterocycles. The number of nitrogens with zero attached hydrogens (tertiary/aromatic N) is 1. The largest absolute Gasteiger partial charge is 0.486 e. The molecule has 10 heteroatoms. The molecule has 0 aliphatic carbocycles. The van der Waals surface area contributed by atoms with Crippen molar-refractivity contribution in [2.45, 2.75) is 25.6 Å². The second-order valence-electron chi connectivity index (χ2n) is 8.19. The van der Waals surface area contributed by atoms with E-state index < -0.39 is 41.2 Å². The summed E-state index contributed by atoms with van der Waals surface area (Å²) >= 11 is 5.59. The number of benzene rings is 2. The van der Waals surface area contributed by atoms with Crippen LogP contribution < -0.4 is 19.7 Å². The van der Waals surface area contributed by atoms with E-state index in [9.17, 15) is 18.7 Å². The minimum atomic E-state index is -1.93. The van der Waals surface area contributed by atoms with E-state index in [1.807, 2.05) is 0 Å². The predicted octanol–water partition coefficient (Wildman–Crippen LogP) is 3.31. The molecule has 3 atom stereocenters. The molecular formula is C23H24F2N2O5S. The van der Waals surface area contributed by atoms with Crippen LogP contribution >= 0.6 is 12.2 Å². The van der Waals surface area contributed by atoms with Crippen LogP contribution in [0.4, 0.5) is 14.5 Å². The molecule has 0 saturated carbocycles. The smallest absolute Gasteiger partial charge is 0.316 e. The number of hydrogen-bond donors (Lipinski definition) is 2. The second kappa shape index (κ2) is 8.75. The molecule has 1 saturated heterocycles. The highest BCUT2D eigenvalue weighted by Crippen LogP contribution is 2.46. The first kappa shape index (κ1) is 23.2. The molecule has 176 valence electrons. The van der Waals surface area contributed by atoms with Crippen molar-refractivity contribution in [3.05, 3.63) is 53.6 Å². The quantitative estimate of drug-likeness (QED) is 0.512. The van der Waals surface area contributed by atoms with Gasteiger partial charge in [-0.25, -0.2) is 8.78 Å². The molecule has 0 spiro atoms. The molecule has 1 fully saturated rings. The molecule has 0 amide bonds. The van der Waals surface area contributed by atoms with Gasteiger partial charge in [0.25, 0.3) is 0 Å². The summed E-state index contributed by atoms with van der Waals surface area (Å²) in [5.41, 5.74) is -1.50. The van der Waals surface area contributed by atoms with Crippen molar-refractivity contribution >= 4 is 29.0 Å². The lowest BCUT2D eigenvalue weighted by molar-refractivity contribution is -0.163. The number of carbonyl (C=O) groups is 1. The van der Waals surface area contributed by atoms with Crippen LogP contribution in [0.3, 0.4) is 0 Å². The van der Waals surface area contributed by atoms with Crippen molar-refractivity contribution in [3.63, 3.8) is 0 Å². The Bertz CT molecular complexity index is 1100. The van der Waals surface area contributed by atoms with Crippen molar-refractivity contribution < 1.29 is 32.9 Å². The average molecular weight is 479 g/mol. The van der Waals surface area contributed by atoms with Crippen LogP contribution in [0.25, 0.3) is 0 Å². The van der Waals surface area contributed by atoms with Gasteiger partial charge in [0.15, 0.2) is 22.3 Å². The number of rotatable bonds is 4. The Kier molecular flexibility index (Phi) is 6.15. The van der Waals surface area contributed by atoms with E-state index in [0.717, 1.165) is 12.1 Å². The summed E-state index contributed by atoms with van der Waals surface area (Å²) in [5, 5.41) is 15.1. The topological polar surface area (TPSA) is 80.3 Å². The number of carbonyl (C=O) groups excluding carboxylic acids is 1. The summed E-state index contributed by atoms with van der Waals surface area (Å²) in [4.78, 5) is 14.4. The fourth-order valence-corrected chi connectivity index (χ4v) is 4.77. The molecule has 0 aromatic heterocycles. The average Bonchev–Trinajstić information content (AvgIpc) is 2.78. The number of halogens is 2. The van der Waals surface area contributed by atoms with Crippen molar-refractivity contribution in [2.75, 3.05) is 25.2 Å². The van der Waals surface area contributed by atoms with Gasteiger partial charge in [-0.05, 0) is 30.4 Å². The van der Waals surface area contributed by atoms with E-state index in [1.54, 1.807) is 32.0 Å². The summed E-state index contributed by atoms with van der Waals surface area (Å²) < 4.78 is 44.6. The Balaban J connectivity index is 1.87. The first-order chi connectivity index (χ1) is 15.7. The number of methoxy groups -OCH3 is 1. The van der Waals surface area contributed by atoms with Gasteiger partial charge in [-0.2, -0.15) is 0 Å². The number of fused-ring (bicyclic) bond motifs is 1. The standard InChI is InChI=1S/C23H24F2N2O5S/c1-12(2)23(29)19(21(28)30-3)20(15-6-4-13(24)10-16(15)25)26-22(33)27(23)14-5-7-17-18(11-14)32-9-8-31-17/h4-7,10-12,19-20,29H,8-9H2,1-3H3,(H,26,33)/t19-,20-,23-/m0/s1. The number of thiocarbonyl (C=S) groups is 1. The molecule has 4 rings (SSSR count). The molecule has 0 unspecified atom stereocenters. The molecule has 2 aromatic rings. The maximum Gasteiger partial charge on any atom is 0.316 e. The highest BCUT2D eigenvalue weighted by atomic mass is 32.1. The van der Waals surface area contributed by atoms with Crippen molar-refractivity contribution in [2.24, 2.45) is 11.8 Å². The summed E-state index contributed by atoms with van der Waals surface area (Å²) in [6.07, 6.45) is 0. The van der Waals surface area contributed by atoms with Gasteiger partial charge in [0.1, 0.15) is 30.8 Å². The number of anilines is 1. The van der Waals surface area contributed by atoms with Gasteiger partial charge in [-0.1, -0.05) is 19.9 Å². The van der Waals surface area contributed by atoms with Crippen LogP contribution in [-0.4, -0.2) is 42.2 Å². The Morgan fingerprint density at radius 3 is 2.55 bits per heavy atom. The van der Waals surface area contributed by atoms with E-state index in [2.05, 4.69) is 5.32 Å². The minimum absolute atomic E-state index is 0.0185. The fraction of sp³-hybridized carbons (Fsp3) is 0.391. The molecule has 2 aliphatic rings. The lowest BCUT2D eigenvalue weighted by atomic mass is 9.75. The summed E-state index contributed by atoms with van der Waals surface area (Å²) in [7, 11) is 1.18. The zero-order chi connectivity index (χ0) is 23.9. The predicted molar refractivity (Wildman–Crippen MR) is 120 cm³/mol. The maximum absolute atomic E-state index is 14.8. The highest BCUT2D eigenvalue weighted by Gasteiger charge is 2.58. The monoisotopic (exact) mass is 478 g/mol. The van der Waals surface area contributed by atoms with Crippen LogP contribution in [0.2, 0.25) is 0 Å². The van der Waals surface area contributed by atoms with Gasteiger partial charge in [-0.3, -0.25) is 9.69 Å². The van der Waals surface area contributed by atoms with Gasteiger partial charge in [-0.15, -0.1) is 0 Å². The van der Waals surface area contributed by atoms with Crippen LogP contribution in [-0.2, 0) is 9.53 Å². The first-order valence-electron chi connectivity index (χ1n) is 10.4. The van der Waals surface area contributed by atoms with Crippen LogP contribution in [0.1, 0.15) is 25.5 Å². The molecule has 2 heterocycles. The number of nitrogens with one attached hydrogen (secondary N) is 1. The second-order valence-corrected chi connectivity index (χ2v) is 8.58. The number of ether oxygens (including phenoxy) is 3. The van der Waals surface area contributed by atoms with Gasteiger partial charge < -0.3 is 24.6 Å². The lowest BCUT2D eigenvalue weighted by Gasteiger charge is -2.53. The SMILES string of the molecule is COC(=O)[C@@H]1[C@H](c2ccc(F)cc2F)NC(=S)N(c2ccc3c(c2)OCCO3)[C@]1(O)C(C)C. The Morgan fingerprint density at radius 2 is 1.91 bits per heavy atom. The van der Waals surface area contributed by atoms with Crippen LogP contribution in [0.5, 0.6) is 11.5 Å². The third-order valence-electron chi connectivity index (χ3n) is 6.02. The van der Waals surface area contributed by atoms with Crippen molar-refractivity contribution in [1.29, 1.82) is 0 Å². The molecule has 7 nitrogen and oxygen atoms in total. The summed E-state index contributed by atoms with van der Waals surface area (Å²) in [5.74, 6) is -3.29. The van der Waals surface area contributed by atoms with Crippen LogP contribution in [0.15, 0.2) is 36.4 Å². The molecule has 2 aromatic carbocycles. The minimum Gasteiger partial charge on any atom is -0.486 e. The van der Waals surface area contributed by atoms with E-state index in [1.165, 1.54) is 18.1 Å². The highest BCUT2D eigenvalue weighted by molar-refractivity contribution is 7.80. The van der Waals surface area contributed by atoms with E-state index in [-0.39, 0.29) is 10.7 Å². The summed E-state index contributed by atoms with van der Waals surface area (Å²) in [6, 6.07) is 6.94. The summed E-state index contributed by atoms with van der Waals surface area (Å²) in [6.45, 7) is 4.21. The van der Waals surface area contributed by atoms with Gasteiger partial charge in [0.2, 0.25) is 0 Å². The maximum atomic E-state index is 14.8. The number of aliphatic hydroxyl groups is 1. The third-order valence-corrected chi connectivity index (χ3v) is 6.32. The van der Waals surface area contributed by atoms with Gasteiger partial charge in [0.05, 0.1) is 18.8 Å². The van der Waals surface area contributed by atoms with E-state index >= 15 is 0 Å². The van der Waals surface area contributed by atoms with Gasteiger partial charge >= 0.3 is 5.97 Å². The zero-order valence-electron chi connectivity index (χ0n) is 18.3.